The normalized spacial score (nSPS) is 10.9. The van der Waals surface area contributed by atoms with E-state index in [0.29, 0.717) is 32.9 Å². The third-order valence-electron chi connectivity index (χ3n) is 3.52. The quantitative estimate of drug-likeness (QED) is 0.615. The summed E-state index contributed by atoms with van der Waals surface area (Å²) in [5.41, 5.74) is 1.15. The van der Waals surface area contributed by atoms with Crippen LogP contribution in [0.15, 0.2) is 30.5 Å². The Balaban J connectivity index is 1.93. The van der Waals surface area contributed by atoms with Crippen molar-refractivity contribution in [1.82, 2.24) is 20.3 Å². The molecule has 8 nitrogen and oxygen atoms in total. The number of para-hydroxylation sites is 1. The van der Waals surface area contributed by atoms with Gasteiger partial charge in [-0.3, -0.25) is 4.79 Å². The molecule has 0 atom stereocenters. The number of hydrogen-bond donors (Lipinski definition) is 1. The molecule has 142 valence electrons. The molecule has 0 saturated heterocycles. The second-order valence-corrected chi connectivity index (χ2v) is 5.39. The number of nitrogens with one attached hydrogen (secondary N) is 1. The molecule has 1 aromatic heterocycles. The van der Waals surface area contributed by atoms with Crippen molar-refractivity contribution >= 4 is 5.91 Å². The Bertz CT molecular complexity index is 683. The first-order chi connectivity index (χ1) is 12.7. The lowest BCUT2D eigenvalue weighted by Gasteiger charge is -2.16. The molecule has 0 saturated carbocycles. The Hall–Kier alpha value is -2.45. The zero-order chi connectivity index (χ0) is 18.8. The lowest BCUT2D eigenvalue weighted by Crippen LogP contribution is -2.24. The minimum atomic E-state index is -0.416. The van der Waals surface area contributed by atoms with E-state index < -0.39 is 6.29 Å². The zero-order valence-corrected chi connectivity index (χ0v) is 15.5. The molecule has 1 heterocycles. The number of nitrogens with zero attached hydrogens (tertiary/aromatic N) is 3. The first kappa shape index (κ1) is 19.9. The molecular formula is C18H26N4O4. The summed E-state index contributed by atoms with van der Waals surface area (Å²) in [4.78, 5) is 12.3. The molecular weight excluding hydrogens is 336 g/mol. The Morgan fingerprint density at radius 3 is 2.58 bits per heavy atom. The average molecular weight is 362 g/mol. The van der Waals surface area contributed by atoms with Crippen LogP contribution in [0, 0.1) is 0 Å². The highest BCUT2D eigenvalue weighted by molar-refractivity contribution is 5.91. The lowest BCUT2D eigenvalue weighted by atomic mass is 10.2. The molecule has 0 aliphatic heterocycles. The summed E-state index contributed by atoms with van der Waals surface area (Å²) in [6, 6.07) is 7.59. The molecule has 0 unspecified atom stereocenters. The highest BCUT2D eigenvalue weighted by Gasteiger charge is 2.15. The van der Waals surface area contributed by atoms with Crippen molar-refractivity contribution in [1.29, 1.82) is 0 Å². The van der Waals surface area contributed by atoms with Crippen molar-refractivity contribution < 1.29 is 19.0 Å². The molecule has 1 N–H and O–H groups in total. The SMILES string of the molecule is CCOc1ccccc1CNC(=O)c1cn(CC(OCC)OCC)nn1. The number of aromatic nitrogens is 3. The second-order valence-electron chi connectivity index (χ2n) is 5.39. The van der Waals surface area contributed by atoms with E-state index in [-0.39, 0.29) is 11.6 Å². The lowest BCUT2D eigenvalue weighted by molar-refractivity contribution is -0.145. The summed E-state index contributed by atoms with van der Waals surface area (Å²) in [5, 5.41) is 10.7. The van der Waals surface area contributed by atoms with Crippen molar-refractivity contribution in [3.8, 4) is 5.75 Å². The van der Waals surface area contributed by atoms with Crippen LogP contribution < -0.4 is 10.1 Å². The van der Waals surface area contributed by atoms with Crippen molar-refractivity contribution in [2.45, 2.75) is 40.2 Å². The van der Waals surface area contributed by atoms with Gasteiger partial charge >= 0.3 is 0 Å². The summed E-state index contributed by atoms with van der Waals surface area (Å²) in [7, 11) is 0. The summed E-state index contributed by atoms with van der Waals surface area (Å²) < 4.78 is 18.0. The molecule has 0 bridgehead atoms. The molecule has 0 aliphatic rings. The maximum atomic E-state index is 12.3. The summed E-state index contributed by atoms with van der Waals surface area (Å²) in [5.74, 6) is 0.460. The van der Waals surface area contributed by atoms with Gasteiger partial charge in [0.15, 0.2) is 12.0 Å². The predicted octanol–water partition coefficient (Wildman–Crippen LogP) is 2.01. The number of hydrogen-bond acceptors (Lipinski definition) is 6. The van der Waals surface area contributed by atoms with E-state index in [9.17, 15) is 4.79 Å². The molecule has 2 aromatic rings. The zero-order valence-electron chi connectivity index (χ0n) is 15.5. The maximum Gasteiger partial charge on any atom is 0.273 e. The number of carbonyl (C=O) groups is 1. The van der Waals surface area contributed by atoms with Crippen LogP contribution in [0.3, 0.4) is 0 Å². The van der Waals surface area contributed by atoms with Gasteiger partial charge in [0.05, 0.1) is 19.3 Å². The highest BCUT2D eigenvalue weighted by Crippen LogP contribution is 2.17. The Morgan fingerprint density at radius 1 is 1.15 bits per heavy atom. The minimum Gasteiger partial charge on any atom is -0.494 e. The number of carbonyl (C=O) groups excluding carboxylic acids is 1. The molecule has 26 heavy (non-hydrogen) atoms. The van der Waals surface area contributed by atoms with Gasteiger partial charge in [0.1, 0.15) is 5.75 Å². The van der Waals surface area contributed by atoms with E-state index in [1.54, 1.807) is 10.9 Å². The third-order valence-corrected chi connectivity index (χ3v) is 3.52. The first-order valence-corrected chi connectivity index (χ1v) is 8.80. The Labute approximate surface area is 153 Å². The third kappa shape index (κ3) is 5.82. The molecule has 0 aliphatic carbocycles. The van der Waals surface area contributed by atoms with E-state index in [0.717, 1.165) is 11.3 Å². The smallest absolute Gasteiger partial charge is 0.273 e. The van der Waals surface area contributed by atoms with Crippen LogP contribution in [0.25, 0.3) is 0 Å². The Morgan fingerprint density at radius 2 is 1.88 bits per heavy atom. The fraction of sp³-hybridized carbons (Fsp3) is 0.500. The van der Waals surface area contributed by atoms with Gasteiger partial charge in [-0.15, -0.1) is 5.10 Å². The topological polar surface area (TPSA) is 87.5 Å². The van der Waals surface area contributed by atoms with Crippen LogP contribution in [0.4, 0.5) is 0 Å². The largest absolute Gasteiger partial charge is 0.494 e. The fourth-order valence-corrected chi connectivity index (χ4v) is 2.38. The van der Waals surface area contributed by atoms with E-state index in [2.05, 4.69) is 15.6 Å². The minimum absolute atomic E-state index is 0.241. The van der Waals surface area contributed by atoms with Crippen LogP contribution in [-0.2, 0) is 22.6 Å². The maximum absolute atomic E-state index is 12.3. The second kappa shape index (κ2) is 10.5. The van der Waals surface area contributed by atoms with E-state index in [4.69, 9.17) is 14.2 Å². The summed E-state index contributed by atoms with van der Waals surface area (Å²) in [6.07, 6.45) is 1.16. The van der Waals surface area contributed by atoms with Gasteiger partial charge in [0, 0.05) is 25.3 Å². The van der Waals surface area contributed by atoms with Crippen LogP contribution in [-0.4, -0.2) is 47.0 Å². The molecule has 0 fully saturated rings. The van der Waals surface area contributed by atoms with Crippen molar-refractivity contribution in [3.05, 3.63) is 41.7 Å². The van der Waals surface area contributed by atoms with Crippen LogP contribution >= 0.6 is 0 Å². The van der Waals surface area contributed by atoms with E-state index >= 15 is 0 Å². The molecule has 1 amide bonds. The molecule has 2 rings (SSSR count). The monoisotopic (exact) mass is 362 g/mol. The molecule has 1 aromatic carbocycles. The average Bonchev–Trinajstić information content (AvgIpc) is 3.10. The number of benzene rings is 1. The van der Waals surface area contributed by atoms with E-state index in [1.807, 2.05) is 45.0 Å². The number of ether oxygens (including phenoxy) is 3. The van der Waals surface area contributed by atoms with Crippen molar-refractivity contribution in [2.75, 3.05) is 19.8 Å². The van der Waals surface area contributed by atoms with E-state index in [1.165, 1.54) is 0 Å². The fourth-order valence-electron chi connectivity index (χ4n) is 2.38. The standard InChI is InChI=1S/C18H26N4O4/c1-4-24-16-10-8-7-9-14(16)11-19-18(23)15-12-22(21-20-15)13-17(25-5-2)26-6-3/h7-10,12,17H,4-6,11,13H2,1-3H3,(H,19,23). The molecule has 0 radical (unpaired) electrons. The number of amides is 1. The molecule has 0 spiro atoms. The van der Waals surface area contributed by atoms with Gasteiger partial charge in [-0.05, 0) is 26.8 Å². The summed E-state index contributed by atoms with van der Waals surface area (Å²) >= 11 is 0. The number of rotatable bonds is 11. The summed E-state index contributed by atoms with van der Waals surface area (Å²) in [6.45, 7) is 8.07. The first-order valence-electron chi connectivity index (χ1n) is 8.80. The predicted molar refractivity (Wildman–Crippen MR) is 95.8 cm³/mol. The highest BCUT2D eigenvalue weighted by atomic mass is 16.7. The van der Waals surface area contributed by atoms with Crippen molar-refractivity contribution in [3.63, 3.8) is 0 Å². The van der Waals surface area contributed by atoms with Crippen molar-refractivity contribution in [2.24, 2.45) is 0 Å². The van der Waals surface area contributed by atoms with Gasteiger partial charge in [0.25, 0.3) is 5.91 Å². The van der Waals surface area contributed by atoms with Gasteiger partial charge in [-0.2, -0.15) is 0 Å². The van der Waals surface area contributed by atoms with Gasteiger partial charge < -0.3 is 19.5 Å². The molecule has 8 heteroatoms. The van der Waals surface area contributed by atoms with Crippen LogP contribution in [0.1, 0.15) is 36.8 Å². The van der Waals surface area contributed by atoms with Gasteiger partial charge in [-0.25, -0.2) is 4.68 Å². The Kier molecular flexibility index (Phi) is 8.04. The van der Waals surface area contributed by atoms with Gasteiger partial charge in [-0.1, -0.05) is 23.4 Å². The van der Waals surface area contributed by atoms with Gasteiger partial charge in [0.2, 0.25) is 0 Å². The van der Waals surface area contributed by atoms with Crippen LogP contribution in [0.5, 0.6) is 5.75 Å². The van der Waals surface area contributed by atoms with Crippen LogP contribution in [0.2, 0.25) is 0 Å².